The van der Waals surface area contributed by atoms with Crippen LogP contribution in [0.5, 0.6) is 0 Å². The number of aliphatic hydroxyl groups excluding tert-OH is 1. The van der Waals surface area contributed by atoms with Gasteiger partial charge in [-0.1, -0.05) is 33.3 Å². The van der Waals surface area contributed by atoms with E-state index in [1.54, 1.807) is 0 Å². The van der Waals surface area contributed by atoms with Crippen molar-refractivity contribution in [1.29, 1.82) is 0 Å². The molecule has 1 aliphatic heterocycles. The third-order valence-electron chi connectivity index (χ3n) is 7.25. The van der Waals surface area contributed by atoms with Crippen LogP contribution in [0.25, 0.3) is 0 Å². The number of hydrogen-bond acceptors (Lipinski definition) is 3. The van der Waals surface area contributed by atoms with Crippen molar-refractivity contribution in [2.45, 2.75) is 65.6 Å². The van der Waals surface area contributed by atoms with Crippen molar-refractivity contribution in [1.82, 2.24) is 0 Å². The lowest BCUT2D eigenvalue weighted by atomic mass is 9.47. The second kappa shape index (κ2) is 4.72. The number of carbonyl (C=O) groups excluding carboxylic acids is 1. The highest BCUT2D eigenvalue weighted by molar-refractivity contribution is 5.80. The fraction of sp³-hybridized carbons (Fsp3) is 0.750. The lowest BCUT2D eigenvalue weighted by Gasteiger charge is -2.55. The number of rotatable bonds is 1. The fourth-order valence-electron chi connectivity index (χ4n) is 6.13. The summed E-state index contributed by atoms with van der Waals surface area (Å²) < 4.78 is 5.81. The maximum absolute atomic E-state index is 12.5. The fourth-order valence-corrected chi connectivity index (χ4v) is 6.13. The standard InChI is InChI=1S/C20H28O3/c1-11(2)13-8-12-9-16-17-19(3,14(12)10-15(13)21)6-5-7-20(17,4)18(22)23-16/h8-9,11,14-17,21H,5-7,10H2,1-4H3/t14-,15-,16+,17+,19+,20-/m0/s1. The van der Waals surface area contributed by atoms with Gasteiger partial charge in [-0.15, -0.1) is 0 Å². The first kappa shape index (κ1) is 15.4. The zero-order valence-corrected chi connectivity index (χ0v) is 14.6. The quantitative estimate of drug-likeness (QED) is 0.752. The molecule has 2 fully saturated rings. The van der Waals surface area contributed by atoms with E-state index in [1.807, 2.05) is 0 Å². The summed E-state index contributed by atoms with van der Waals surface area (Å²) in [6, 6.07) is 0. The van der Waals surface area contributed by atoms with E-state index in [0.717, 1.165) is 31.3 Å². The molecule has 3 heteroatoms. The third-order valence-corrected chi connectivity index (χ3v) is 7.25. The van der Waals surface area contributed by atoms with Crippen molar-refractivity contribution in [3.05, 3.63) is 23.3 Å². The molecule has 0 bridgehead atoms. The molecule has 4 aliphatic rings. The predicted octanol–water partition coefficient (Wildman–Crippen LogP) is 3.63. The molecular weight excluding hydrogens is 288 g/mol. The zero-order chi connectivity index (χ0) is 16.6. The zero-order valence-electron chi connectivity index (χ0n) is 14.6. The highest BCUT2D eigenvalue weighted by atomic mass is 16.6. The van der Waals surface area contributed by atoms with Crippen LogP contribution in [0.1, 0.15) is 53.4 Å². The molecule has 0 radical (unpaired) electrons. The Morgan fingerprint density at radius 2 is 2.04 bits per heavy atom. The smallest absolute Gasteiger partial charge is 0.312 e. The summed E-state index contributed by atoms with van der Waals surface area (Å²) in [6.45, 7) is 8.71. The largest absolute Gasteiger partial charge is 0.457 e. The Kier molecular flexibility index (Phi) is 3.17. The van der Waals surface area contributed by atoms with Gasteiger partial charge in [0, 0.05) is 5.92 Å². The average Bonchev–Trinajstić information content (AvgIpc) is 2.72. The van der Waals surface area contributed by atoms with Gasteiger partial charge < -0.3 is 9.84 Å². The minimum absolute atomic E-state index is 0.0115. The summed E-state index contributed by atoms with van der Waals surface area (Å²) in [5.41, 5.74) is 2.12. The number of hydrogen-bond donors (Lipinski definition) is 1. The molecule has 6 atom stereocenters. The van der Waals surface area contributed by atoms with Gasteiger partial charge in [0.15, 0.2) is 0 Å². The van der Waals surface area contributed by atoms with Gasteiger partial charge in [0.05, 0.1) is 11.5 Å². The normalized spacial score (nSPS) is 48.3. The summed E-state index contributed by atoms with van der Waals surface area (Å²) >= 11 is 0. The highest BCUT2D eigenvalue weighted by Crippen LogP contribution is 2.65. The molecule has 0 aromatic heterocycles. The van der Waals surface area contributed by atoms with Gasteiger partial charge in [-0.05, 0) is 60.7 Å². The van der Waals surface area contributed by atoms with Crippen molar-refractivity contribution in [2.24, 2.45) is 28.6 Å². The second-order valence-corrected chi connectivity index (χ2v) is 8.89. The first-order chi connectivity index (χ1) is 10.8. The SMILES string of the molecule is CC(C)C1=CC2=C[C@H]3OC(=O)[C@@]4(C)CCC[C@@](C)([C@@H]34)[C@H]2C[C@@H]1O. The van der Waals surface area contributed by atoms with E-state index in [-0.39, 0.29) is 34.9 Å². The van der Waals surface area contributed by atoms with Crippen molar-refractivity contribution in [3.63, 3.8) is 0 Å². The molecule has 126 valence electrons. The van der Waals surface area contributed by atoms with Crippen molar-refractivity contribution in [2.75, 3.05) is 0 Å². The van der Waals surface area contributed by atoms with Gasteiger partial charge in [0.25, 0.3) is 0 Å². The number of allylic oxidation sites excluding steroid dienone is 2. The molecule has 1 heterocycles. The van der Waals surface area contributed by atoms with E-state index in [2.05, 4.69) is 39.8 Å². The Hall–Kier alpha value is -1.09. The molecule has 1 N–H and O–H groups in total. The molecule has 23 heavy (non-hydrogen) atoms. The van der Waals surface area contributed by atoms with Crippen LogP contribution in [0.2, 0.25) is 0 Å². The second-order valence-electron chi connectivity index (χ2n) is 8.89. The van der Waals surface area contributed by atoms with Gasteiger partial charge in [-0.3, -0.25) is 4.79 Å². The summed E-state index contributed by atoms with van der Waals surface area (Å²) in [4.78, 5) is 12.5. The molecule has 1 saturated heterocycles. The Balaban J connectivity index is 1.84. The lowest BCUT2D eigenvalue weighted by Crippen LogP contribution is -2.53. The Morgan fingerprint density at radius 3 is 2.74 bits per heavy atom. The summed E-state index contributed by atoms with van der Waals surface area (Å²) in [5.74, 6) is 0.934. The van der Waals surface area contributed by atoms with Crippen LogP contribution < -0.4 is 0 Å². The number of aliphatic hydroxyl groups is 1. The molecule has 0 aromatic carbocycles. The van der Waals surface area contributed by atoms with E-state index in [9.17, 15) is 9.90 Å². The monoisotopic (exact) mass is 316 g/mol. The molecule has 0 unspecified atom stereocenters. The maximum atomic E-state index is 12.5. The number of ether oxygens (including phenoxy) is 1. The van der Waals surface area contributed by atoms with Crippen LogP contribution in [-0.4, -0.2) is 23.3 Å². The number of carbonyl (C=O) groups is 1. The van der Waals surface area contributed by atoms with E-state index in [0.29, 0.717) is 11.8 Å². The molecule has 4 rings (SSSR count). The van der Waals surface area contributed by atoms with E-state index < -0.39 is 0 Å². The van der Waals surface area contributed by atoms with Gasteiger partial charge >= 0.3 is 5.97 Å². The van der Waals surface area contributed by atoms with Gasteiger partial charge in [-0.25, -0.2) is 0 Å². The summed E-state index contributed by atoms with van der Waals surface area (Å²) in [6.07, 6.45) is 7.89. The van der Waals surface area contributed by atoms with Gasteiger partial charge in [0.2, 0.25) is 0 Å². The van der Waals surface area contributed by atoms with Gasteiger partial charge in [0.1, 0.15) is 6.10 Å². The molecule has 1 saturated carbocycles. The molecule has 3 aliphatic carbocycles. The third kappa shape index (κ3) is 1.89. The van der Waals surface area contributed by atoms with Crippen LogP contribution in [0.4, 0.5) is 0 Å². The van der Waals surface area contributed by atoms with Crippen molar-refractivity contribution < 1.29 is 14.6 Å². The lowest BCUT2D eigenvalue weighted by molar-refractivity contribution is -0.148. The average molecular weight is 316 g/mol. The molecule has 3 nitrogen and oxygen atoms in total. The molecule has 0 aromatic rings. The van der Waals surface area contributed by atoms with E-state index >= 15 is 0 Å². The summed E-state index contributed by atoms with van der Waals surface area (Å²) in [5, 5.41) is 10.7. The Labute approximate surface area is 138 Å². The van der Waals surface area contributed by atoms with Crippen molar-refractivity contribution >= 4 is 5.97 Å². The van der Waals surface area contributed by atoms with Crippen LogP contribution >= 0.6 is 0 Å². The Morgan fingerprint density at radius 1 is 1.30 bits per heavy atom. The minimum Gasteiger partial charge on any atom is -0.457 e. The van der Waals surface area contributed by atoms with Crippen molar-refractivity contribution in [3.8, 4) is 0 Å². The van der Waals surface area contributed by atoms with Crippen LogP contribution in [0.15, 0.2) is 23.3 Å². The molecule has 0 amide bonds. The molecular formula is C20H28O3. The topological polar surface area (TPSA) is 46.5 Å². The van der Waals surface area contributed by atoms with Crippen LogP contribution in [-0.2, 0) is 9.53 Å². The van der Waals surface area contributed by atoms with Crippen LogP contribution in [0.3, 0.4) is 0 Å². The van der Waals surface area contributed by atoms with E-state index in [1.165, 1.54) is 5.57 Å². The maximum Gasteiger partial charge on any atom is 0.312 e. The minimum atomic E-state index is -0.350. The van der Waals surface area contributed by atoms with Crippen LogP contribution in [0, 0.1) is 28.6 Å². The predicted molar refractivity (Wildman–Crippen MR) is 88.6 cm³/mol. The molecule has 0 spiro atoms. The number of fused-ring (bicyclic) bond motifs is 2. The first-order valence-corrected chi connectivity index (χ1v) is 9.10. The first-order valence-electron chi connectivity index (χ1n) is 9.10. The van der Waals surface area contributed by atoms with E-state index in [4.69, 9.17) is 4.74 Å². The number of esters is 1. The Bertz CT molecular complexity index is 616. The van der Waals surface area contributed by atoms with Gasteiger partial charge in [-0.2, -0.15) is 0 Å². The highest BCUT2D eigenvalue weighted by Gasteiger charge is 2.65. The summed E-state index contributed by atoms with van der Waals surface area (Å²) in [7, 11) is 0.